The first-order chi connectivity index (χ1) is 13.0. The fraction of sp³-hybridized carbons (Fsp3) is 0.333. The van der Waals surface area contributed by atoms with Crippen molar-refractivity contribution in [3.63, 3.8) is 0 Å². The fourth-order valence-corrected chi connectivity index (χ4v) is 3.52. The van der Waals surface area contributed by atoms with E-state index in [4.69, 9.17) is 0 Å². The summed E-state index contributed by atoms with van der Waals surface area (Å²) in [6, 6.07) is 15.1. The summed E-state index contributed by atoms with van der Waals surface area (Å²) in [5, 5.41) is 2.89. The summed E-state index contributed by atoms with van der Waals surface area (Å²) in [5.74, 6) is -0.150. The van der Waals surface area contributed by atoms with Crippen LogP contribution in [0.25, 0.3) is 0 Å². The first-order valence-electron chi connectivity index (χ1n) is 9.03. The highest BCUT2D eigenvalue weighted by atomic mass is 32.2. The molecular formula is C21H27N3O2S. The number of nitrogens with zero attached hydrogens (tertiary/aromatic N) is 2. The summed E-state index contributed by atoms with van der Waals surface area (Å²) in [6.45, 7) is 5.45. The molecule has 0 atom stereocenters. The maximum Gasteiger partial charge on any atom is 0.253 e. The van der Waals surface area contributed by atoms with Crippen LogP contribution in [0.4, 0.5) is 11.4 Å². The van der Waals surface area contributed by atoms with Gasteiger partial charge in [-0.2, -0.15) is 0 Å². The molecule has 27 heavy (non-hydrogen) atoms. The van der Waals surface area contributed by atoms with Crippen LogP contribution in [0.1, 0.15) is 24.2 Å². The van der Waals surface area contributed by atoms with Crippen molar-refractivity contribution < 1.29 is 9.59 Å². The first kappa shape index (κ1) is 20.8. The normalized spacial score (nSPS) is 10.4. The van der Waals surface area contributed by atoms with Crippen molar-refractivity contribution in [2.45, 2.75) is 18.7 Å². The van der Waals surface area contributed by atoms with Gasteiger partial charge in [0.05, 0.1) is 12.2 Å². The maximum atomic E-state index is 12.5. The van der Waals surface area contributed by atoms with Crippen LogP contribution in [0.15, 0.2) is 53.4 Å². The molecular weight excluding hydrogens is 358 g/mol. The lowest BCUT2D eigenvalue weighted by molar-refractivity contribution is -0.114. The van der Waals surface area contributed by atoms with Gasteiger partial charge in [-0.25, -0.2) is 0 Å². The van der Waals surface area contributed by atoms with E-state index in [0.29, 0.717) is 24.3 Å². The average Bonchev–Trinajstić information content (AvgIpc) is 2.68. The van der Waals surface area contributed by atoms with Crippen LogP contribution in [0.5, 0.6) is 0 Å². The molecule has 144 valence electrons. The Morgan fingerprint density at radius 1 is 1.04 bits per heavy atom. The molecule has 0 aromatic heterocycles. The van der Waals surface area contributed by atoms with Gasteiger partial charge in [0.25, 0.3) is 5.91 Å². The summed E-state index contributed by atoms with van der Waals surface area (Å²) in [6.07, 6.45) is 2.02. The number of anilines is 2. The molecule has 0 saturated heterocycles. The van der Waals surface area contributed by atoms with Gasteiger partial charge < -0.3 is 15.1 Å². The number of thioether (sulfide) groups is 1. The smallest absolute Gasteiger partial charge is 0.253 e. The van der Waals surface area contributed by atoms with Crippen LogP contribution in [0, 0.1) is 0 Å². The molecule has 0 aliphatic heterocycles. The third-order valence-corrected chi connectivity index (χ3v) is 5.11. The number of hydrogen-bond acceptors (Lipinski definition) is 4. The highest BCUT2D eigenvalue weighted by Gasteiger charge is 2.14. The van der Waals surface area contributed by atoms with Gasteiger partial charge in [-0.15, -0.1) is 11.8 Å². The molecule has 2 rings (SSSR count). The second-order valence-corrected chi connectivity index (χ2v) is 6.98. The van der Waals surface area contributed by atoms with Crippen molar-refractivity contribution in [3.8, 4) is 0 Å². The van der Waals surface area contributed by atoms with Crippen LogP contribution < -0.4 is 10.2 Å². The second-order valence-electron chi connectivity index (χ2n) is 6.13. The zero-order valence-electron chi connectivity index (χ0n) is 16.4. The fourth-order valence-electron chi connectivity index (χ4n) is 2.87. The quantitative estimate of drug-likeness (QED) is 0.699. The number of likely N-dealkylation sites (N-methyl/N-ethyl adjacent to an activating group) is 1. The van der Waals surface area contributed by atoms with Crippen LogP contribution in [-0.4, -0.2) is 49.7 Å². The van der Waals surface area contributed by atoms with E-state index in [1.807, 2.05) is 56.3 Å². The molecule has 0 aliphatic rings. The SMILES string of the molecule is CCN(CC)C(=O)c1cccc(NC(=O)CN(C)c2ccccc2SC)c1. The number of hydrogen-bond donors (Lipinski definition) is 1. The molecule has 0 unspecified atom stereocenters. The molecule has 1 N–H and O–H groups in total. The van der Waals surface area contributed by atoms with Crippen LogP contribution in [0.2, 0.25) is 0 Å². The summed E-state index contributed by atoms with van der Waals surface area (Å²) < 4.78 is 0. The van der Waals surface area contributed by atoms with E-state index in [9.17, 15) is 9.59 Å². The van der Waals surface area contributed by atoms with E-state index < -0.39 is 0 Å². The van der Waals surface area contributed by atoms with E-state index in [1.165, 1.54) is 0 Å². The lowest BCUT2D eigenvalue weighted by atomic mass is 10.1. The number of benzene rings is 2. The Morgan fingerprint density at radius 3 is 2.41 bits per heavy atom. The Labute approximate surface area is 165 Å². The van der Waals surface area contributed by atoms with Crippen LogP contribution in [0.3, 0.4) is 0 Å². The van der Waals surface area contributed by atoms with Crippen molar-refractivity contribution in [3.05, 3.63) is 54.1 Å². The summed E-state index contributed by atoms with van der Waals surface area (Å²) in [4.78, 5) is 29.8. The second kappa shape index (κ2) is 10.0. The molecule has 2 aromatic carbocycles. The van der Waals surface area contributed by atoms with Crippen molar-refractivity contribution >= 4 is 35.0 Å². The lowest BCUT2D eigenvalue weighted by Gasteiger charge is -2.21. The predicted molar refractivity (Wildman–Crippen MR) is 114 cm³/mol. The van der Waals surface area contributed by atoms with Gasteiger partial charge in [0.1, 0.15) is 0 Å². The number of carbonyl (C=O) groups is 2. The lowest BCUT2D eigenvalue weighted by Crippen LogP contribution is -2.31. The minimum Gasteiger partial charge on any atom is -0.364 e. The largest absolute Gasteiger partial charge is 0.364 e. The van der Waals surface area contributed by atoms with Gasteiger partial charge in [-0.05, 0) is 50.4 Å². The van der Waals surface area contributed by atoms with E-state index in [2.05, 4.69) is 5.32 Å². The van der Waals surface area contributed by atoms with Crippen molar-refractivity contribution in [1.29, 1.82) is 0 Å². The standard InChI is InChI=1S/C21H27N3O2S/c1-5-24(6-2)21(26)16-10-9-11-17(14-16)22-20(25)15-23(3)18-12-7-8-13-19(18)27-4/h7-14H,5-6,15H2,1-4H3,(H,22,25). The molecule has 5 nitrogen and oxygen atoms in total. The minimum absolute atomic E-state index is 0.0258. The van der Waals surface area contributed by atoms with Crippen molar-refractivity contribution in [2.24, 2.45) is 0 Å². The highest BCUT2D eigenvalue weighted by Crippen LogP contribution is 2.27. The summed E-state index contributed by atoms with van der Waals surface area (Å²) >= 11 is 1.65. The van der Waals surface area contributed by atoms with E-state index in [-0.39, 0.29) is 18.4 Å². The van der Waals surface area contributed by atoms with E-state index in [1.54, 1.807) is 40.9 Å². The van der Waals surface area contributed by atoms with Crippen LogP contribution in [-0.2, 0) is 4.79 Å². The molecule has 0 radical (unpaired) electrons. The van der Waals surface area contributed by atoms with Crippen LogP contribution >= 0.6 is 11.8 Å². The molecule has 6 heteroatoms. The Hall–Kier alpha value is -2.47. The molecule has 2 amide bonds. The summed E-state index contributed by atoms with van der Waals surface area (Å²) in [5.41, 5.74) is 2.23. The van der Waals surface area contributed by atoms with Gasteiger partial charge in [0.15, 0.2) is 0 Å². The highest BCUT2D eigenvalue weighted by molar-refractivity contribution is 7.98. The zero-order chi connectivity index (χ0) is 19.8. The third-order valence-electron chi connectivity index (χ3n) is 4.32. The van der Waals surface area contributed by atoms with Gasteiger partial charge in [-0.1, -0.05) is 18.2 Å². The molecule has 0 aliphatic carbocycles. The number of rotatable bonds is 8. The molecule has 0 fully saturated rings. The molecule has 0 saturated carbocycles. The Kier molecular flexibility index (Phi) is 7.73. The first-order valence-corrected chi connectivity index (χ1v) is 10.3. The van der Waals surface area contributed by atoms with E-state index in [0.717, 1.165) is 10.6 Å². The third kappa shape index (κ3) is 5.50. The van der Waals surface area contributed by atoms with Gasteiger partial charge >= 0.3 is 0 Å². The number of amides is 2. The van der Waals surface area contributed by atoms with Gasteiger partial charge in [-0.3, -0.25) is 9.59 Å². The summed E-state index contributed by atoms with van der Waals surface area (Å²) in [7, 11) is 1.90. The van der Waals surface area contributed by atoms with Crippen molar-refractivity contribution in [2.75, 3.05) is 43.2 Å². The van der Waals surface area contributed by atoms with Gasteiger partial charge in [0.2, 0.25) is 5.91 Å². The Balaban J connectivity index is 2.05. The topological polar surface area (TPSA) is 52.7 Å². The zero-order valence-corrected chi connectivity index (χ0v) is 17.2. The van der Waals surface area contributed by atoms with Crippen molar-refractivity contribution in [1.82, 2.24) is 4.90 Å². The molecule has 0 heterocycles. The Bertz CT molecular complexity index is 791. The predicted octanol–water partition coefficient (Wildman–Crippen LogP) is 3.97. The molecule has 0 spiro atoms. The number of para-hydroxylation sites is 1. The number of nitrogens with one attached hydrogen (secondary N) is 1. The Morgan fingerprint density at radius 2 is 1.74 bits per heavy atom. The van der Waals surface area contributed by atoms with E-state index >= 15 is 0 Å². The number of carbonyl (C=O) groups excluding carboxylic acids is 2. The monoisotopic (exact) mass is 385 g/mol. The average molecular weight is 386 g/mol. The van der Waals surface area contributed by atoms with Gasteiger partial charge in [0, 0.05) is 36.3 Å². The minimum atomic E-state index is -0.124. The molecule has 0 bridgehead atoms. The maximum absolute atomic E-state index is 12.5. The molecule has 2 aromatic rings.